The highest BCUT2D eigenvalue weighted by atomic mass is 32.1. The third-order valence-electron chi connectivity index (χ3n) is 3.71. The molecule has 6 nitrogen and oxygen atoms in total. The lowest BCUT2D eigenvalue weighted by molar-refractivity contribution is -0.142. The van der Waals surface area contributed by atoms with Gasteiger partial charge in [0, 0.05) is 11.4 Å². The summed E-state index contributed by atoms with van der Waals surface area (Å²) in [6.07, 6.45) is 0.673. The molecule has 0 fully saturated rings. The number of aromatic nitrogens is 1. The molecule has 0 radical (unpaired) electrons. The Morgan fingerprint density at radius 3 is 2.86 bits per heavy atom. The number of carboxylic acids is 1. The van der Waals surface area contributed by atoms with Crippen molar-refractivity contribution < 1.29 is 19.2 Å². The van der Waals surface area contributed by atoms with Crippen molar-refractivity contribution in [1.82, 2.24) is 10.1 Å². The van der Waals surface area contributed by atoms with Crippen molar-refractivity contribution in [3.8, 4) is 0 Å². The van der Waals surface area contributed by atoms with Gasteiger partial charge < -0.3 is 14.5 Å². The summed E-state index contributed by atoms with van der Waals surface area (Å²) < 4.78 is 5.01. The van der Waals surface area contributed by atoms with E-state index < -0.39 is 12.0 Å². The van der Waals surface area contributed by atoms with Crippen LogP contribution in [0.5, 0.6) is 0 Å². The minimum absolute atomic E-state index is 0.337. The number of nitrogens with zero attached hydrogens (tertiary/aromatic N) is 2. The summed E-state index contributed by atoms with van der Waals surface area (Å²) in [5.41, 5.74) is 1.55. The molecule has 1 aliphatic heterocycles. The van der Waals surface area contributed by atoms with E-state index >= 15 is 0 Å². The van der Waals surface area contributed by atoms with Gasteiger partial charge in [0.15, 0.2) is 6.04 Å². The van der Waals surface area contributed by atoms with Crippen LogP contribution in [0.2, 0.25) is 0 Å². The zero-order valence-corrected chi connectivity index (χ0v) is 12.4. The molecule has 21 heavy (non-hydrogen) atoms. The average molecular weight is 306 g/mol. The zero-order valence-electron chi connectivity index (χ0n) is 11.6. The lowest BCUT2D eigenvalue weighted by Crippen LogP contribution is -2.43. The Kier molecular flexibility index (Phi) is 3.29. The normalized spacial score (nSPS) is 17.6. The summed E-state index contributed by atoms with van der Waals surface area (Å²) >= 11 is 1.53. The quantitative estimate of drug-likeness (QED) is 0.919. The molecule has 0 aromatic carbocycles. The minimum atomic E-state index is -1.02. The zero-order chi connectivity index (χ0) is 15.1. The summed E-state index contributed by atoms with van der Waals surface area (Å²) in [5, 5.41) is 15.2. The van der Waals surface area contributed by atoms with E-state index in [9.17, 15) is 14.7 Å². The summed E-state index contributed by atoms with van der Waals surface area (Å²) in [7, 11) is 0. The Morgan fingerprint density at radius 1 is 1.48 bits per heavy atom. The maximum atomic E-state index is 12.7. The molecule has 3 heterocycles. The highest BCUT2D eigenvalue weighted by Crippen LogP contribution is 2.34. The fourth-order valence-corrected chi connectivity index (χ4v) is 3.64. The highest BCUT2D eigenvalue weighted by Gasteiger charge is 2.38. The highest BCUT2D eigenvalue weighted by molar-refractivity contribution is 7.10. The largest absolute Gasteiger partial charge is 0.479 e. The van der Waals surface area contributed by atoms with Gasteiger partial charge in [0.2, 0.25) is 0 Å². The third-order valence-corrected chi connectivity index (χ3v) is 4.70. The lowest BCUT2D eigenvalue weighted by Gasteiger charge is -2.33. The van der Waals surface area contributed by atoms with E-state index in [0.29, 0.717) is 35.5 Å². The van der Waals surface area contributed by atoms with Crippen LogP contribution in [-0.4, -0.2) is 33.6 Å². The summed E-state index contributed by atoms with van der Waals surface area (Å²) in [5.74, 6) is -0.942. The first-order chi connectivity index (χ1) is 10.0. The molecule has 3 rings (SSSR count). The molecule has 7 heteroatoms. The third kappa shape index (κ3) is 2.13. The van der Waals surface area contributed by atoms with Gasteiger partial charge in [0.05, 0.1) is 5.69 Å². The average Bonchev–Trinajstić information content (AvgIpc) is 3.03. The molecule has 2 aromatic rings. The van der Waals surface area contributed by atoms with Crippen molar-refractivity contribution in [1.29, 1.82) is 0 Å². The van der Waals surface area contributed by atoms with Crippen LogP contribution in [0.1, 0.15) is 38.3 Å². The van der Waals surface area contributed by atoms with E-state index in [4.69, 9.17) is 4.52 Å². The first-order valence-electron chi connectivity index (χ1n) is 6.53. The number of carbonyl (C=O) groups is 2. The van der Waals surface area contributed by atoms with E-state index in [2.05, 4.69) is 5.16 Å². The number of thiophene rings is 1. The number of aryl methyl sites for hydroxylation is 2. The smallest absolute Gasteiger partial charge is 0.331 e. The Labute approximate surface area is 125 Å². The van der Waals surface area contributed by atoms with Gasteiger partial charge in [0.25, 0.3) is 5.91 Å². The van der Waals surface area contributed by atoms with Gasteiger partial charge in [-0.15, -0.1) is 11.3 Å². The van der Waals surface area contributed by atoms with Crippen LogP contribution in [-0.2, 0) is 11.2 Å². The van der Waals surface area contributed by atoms with Crippen molar-refractivity contribution in [2.24, 2.45) is 0 Å². The van der Waals surface area contributed by atoms with Crippen molar-refractivity contribution in [3.63, 3.8) is 0 Å². The molecule has 0 saturated carbocycles. The van der Waals surface area contributed by atoms with Gasteiger partial charge in [-0.1, -0.05) is 5.16 Å². The molecular weight excluding hydrogens is 292 g/mol. The van der Waals surface area contributed by atoms with Crippen LogP contribution in [0, 0.1) is 13.8 Å². The van der Waals surface area contributed by atoms with Crippen molar-refractivity contribution in [2.75, 3.05) is 6.54 Å². The molecule has 0 spiro atoms. The fraction of sp³-hybridized carbons (Fsp3) is 0.357. The molecule has 1 N–H and O–H groups in total. The van der Waals surface area contributed by atoms with Crippen LogP contribution in [0.3, 0.4) is 0 Å². The number of carboxylic acid groups (broad SMARTS) is 1. The molecule has 1 atom stereocenters. The maximum absolute atomic E-state index is 12.7. The van der Waals surface area contributed by atoms with E-state index in [-0.39, 0.29) is 5.91 Å². The second-order valence-electron chi connectivity index (χ2n) is 4.99. The van der Waals surface area contributed by atoms with Gasteiger partial charge in [0.1, 0.15) is 11.3 Å². The van der Waals surface area contributed by atoms with E-state index in [1.54, 1.807) is 19.9 Å². The number of carbonyl (C=O) groups excluding carboxylic acids is 1. The Balaban J connectivity index is 2.02. The van der Waals surface area contributed by atoms with E-state index in [0.717, 1.165) is 4.88 Å². The Hall–Kier alpha value is -2.15. The molecule has 0 aliphatic carbocycles. The Bertz CT molecular complexity index is 699. The molecule has 1 unspecified atom stereocenters. The molecule has 110 valence electrons. The molecule has 0 saturated heterocycles. The predicted molar refractivity (Wildman–Crippen MR) is 75.4 cm³/mol. The van der Waals surface area contributed by atoms with Crippen molar-refractivity contribution in [3.05, 3.63) is 38.9 Å². The van der Waals surface area contributed by atoms with Crippen LogP contribution in [0.25, 0.3) is 0 Å². The minimum Gasteiger partial charge on any atom is -0.479 e. The Morgan fingerprint density at radius 2 is 2.24 bits per heavy atom. The molecule has 1 aliphatic rings. The topological polar surface area (TPSA) is 83.6 Å². The summed E-state index contributed by atoms with van der Waals surface area (Å²) in [6, 6.07) is 0.840. The van der Waals surface area contributed by atoms with Gasteiger partial charge >= 0.3 is 5.97 Å². The summed E-state index contributed by atoms with van der Waals surface area (Å²) in [4.78, 5) is 26.8. The van der Waals surface area contributed by atoms with Crippen LogP contribution in [0.4, 0.5) is 0 Å². The molecular formula is C14H14N2O4S. The van der Waals surface area contributed by atoms with Crippen molar-refractivity contribution >= 4 is 23.2 Å². The van der Waals surface area contributed by atoms with Gasteiger partial charge in [-0.25, -0.2) is 4.79 Å². The van der Waals surface area contributed by atoms with Crippen LogP contribution < -0.4 is 0 Å². The predicted octanol–water partition coefficient (Wildman–Crippen LogP) is 2.18. The van der Waals surface area contributed by atoms with E-state index in [1.165, 1.54) is 16.2 Å². The summed E-state index contributed by atoms with van der Waals surface area (Å²) in [6.45, 7) is 3.72. The first-order valence-corrected chi connectivity index (χ1v) is 7.41. The lowest BCUT2D eigenvalue weighted by atomic mass is 9.98. The molecule has 2 aromatic heterocycles. The number of rotatable bonds is 2. The molecule has 1 amide bonds. The number of hydrogen-bond acceptors (Lipinski definition) is 5. The number of fused-ring (bicyclic) bond motifs is 1. The number of aliphatic carboxylic acids is 1. The first kappa shape index (κ1) is 13.8. The van der Waals surface area contributed by atoms with Gasteiger partial charge in [-0.05, 0) is 37.3 Å². The van der Waals surface area contributed by atoms with Gasteiger partial charge in [-0.2, -0.15) is 0 Å². The van der Waals surface area contributed by atoms with Crippen LogP contribution in [0.15, 0.2) is 16.0 Å². The monoisotopic (exact) mass is 306 g/mol. The van der Waals surface area contributed by atoms with E-state index in [1.807, 2.05) is 5.38 Å². The SMILES string of the molecule is Cc1noc(C)c1C(=O)N1CCc2sccc2C1C(=O)O. The fourth-order valence-electron chi connectivity index (χ4n) is 2.73. The maximum Gasteiger partial charge on any atom is 0.331 e. The second kappa shape index (κ2) is 5.00. The molecule has 0 bridgehead atoms. The van der Waals surface area contributed by atoms with Crippen LogP contribution >= 0.6 is 11.3 Å². The van der Waals surface area contributed by atoms with Crippen molar-refractivity contribution in [2.45, 2.75) is 26.3 Å². The standard InChI is InChI=1S/C14H14N2O4S/c1-7-11(8(2)20-15-7)13(17)16-5-3-10-9(4-6-21-10)12(16)14(18)19/h4,6,12H,3,5H2,1-2H3,(H,18,19). The number of amides is 1. The second-order valence-corrected chi connectivity index (χ2v) is 5.99. The van der Waals surface area contributed by atoms with Gasteiger partial charge in [-0.3, -0.25) is 4.79 Å². The number of hydrogen-bond donors (Lipinski definition) is 1.